The first-order valence-electron chi connectivity index (χ1n) is 8.21. The Morgan fingerprint density at radius 1 is 1.00 bits per heavy atom. The van der Waals surface area contributed by atoms with Crippen molar-refractivity contribution in [1.82, 2.24) is 4.98 Å². The Morgan fingerprint density at radius 3 is 2.58 bits per heavy atom. The molecule has 120 valence electrons. The van der Waals surface area contributed by atoms with Crippen LogP contribution in [0.15, 0.2) is 55.0 Å². The maximum absolute atomic E-state index is 6.44. The number of ether oxygens (including phenoxy) is 1. The molecule has 1 aliphatic rings. The molecule has 0 atom stereocenters. The summed E-state index contributed by atoms with van der Waals surface area (Å²) in [5, 5.41) is 2.73. The smallest absolute Gasteiger partial charge is 0.286 e. The molecule has 2 heterocycles. The summed E-state index contributed by atoms with van der Waals surface area (Å²) in [4.78, 5) is 4.21. The Labute approximate surface area is 143 Å². The van der Waals surface area contributed by atoms with Gasteiger partial charge in [-0.05, 0) is 28.9 Å². The van der Waals surface area contributed by atoms with Gasteiger partial charge in [0.05, 0.1) is 12.6 Å². The van der Waals surface area contributed by atoms with Gasteiger partial charge in [-0.2, -0.15) is 0 Å². The zero-order valence-corrected chi connectivity index (χ0v) is 15.5. The molecule has 0 radical (unpaired) electrons. The zero-order valence-electron chi connectivity index (χ0n) is 14.5. The molecule has 0 bridgehead atoms. The zero-order chi connectivity index (χ0) is 16.9. The van der Waals surface area contributed by atoms with Crippen molar-refractivity contribution < 1.29 is 9.30 Å². The largest absolute Gasteiger partial charge is 0.457 e. The second-order valence-corrected chi connectivity index (χ2v) is 11.3. The third kappa shape index (κ3) is 2.10. The van der Waals surface area contributed by atoms with E-state index < -0.39 is 8.07 Å². The fourth-order valence-electron chi connectivity index (χ4n) is 3.62. The van der Waals surface area contributed by atoms with Crippen LogP contribution in [0.1, 0.15) is 5.56 Å². The summed E-state index contributed by atoms with van der Waals surface area (Å²) in [5.74, 6) is 2.03. The van der Waals surface area contributed by atoms with E-state index in [1.165, 1.54) is 21.5 Å². The number of fused-ring (bicyclic) bond motifs is 2. The molecule has 0 spiro atoms. The Morgan fingerprint density at radius 2 is 1.79 bits per heavy atom. The van der Waals surface area contributed by atoms with Gasteiger partial charge in [0.25, 0.3) is 6.33 Å². The van der Waals surface area contributed by atoms with E-state index >= 15 is 0 Å². The average molecular weight is 333 g/mol. The molecule has 0 N–H and O–H groups in total. The minimum Gasteiger partial charge on any atom is -0.457 e. The van der Waals surface area contributed by atoms with E-state index in [9.17, 15) is 0 Å². The molecule has 0 saturated carbocycles. The van der Waals surface area contributed by atoms with Crippen LogP contribution in [0, 0.1) is 6.92 Å². The molecule has 3 aromatic rings. The fourth-order valence-corrected chi connectivity index (χ4v) is 6.41. The van der Waals surface area contributed by atoms with Gasteiger partial charge in [0.1, 0.15) is 31.5 Å². The highest BCUT2D eigenvalue weighted by Gasteiger charge is 2.38. The Kier molecular flexibility index (Phi) is 3.32. The van der Waals surface area contributed by atoms with E-state index in [4.69, 9.17) is 4.74 Å². The van der Waals surface area contributed by atoms with Crippen LogP contribution in [-0.4, -0.2) is 13.1 Å². The van der Waals surface area contributed by atoms with Gasteiger partial charge in [0.15, 0.2) is 0 Å². The number of aromatic nitrogens is 2. The lowest BCUT2D eigenvalue weighted by Crippen LogP contribution is -2.56. The fraction of sp³-hybridized carbons (Fsp3) is 0.200. The third-order valence-corrected chi connectivity index (χ3v) is 8.51. The number of hydrogen-bond acceptors (Lipinski definition) is 2. The van der Waals surface area contributed by atoms with E-state index in [2.05, 4.69) is 72.0 Å². The van der Waals surface area contributed by atoms with Gasteiger partial charge < -0.3 is 4.74 Å². The van der Waals surface area contributed by atoms with Crippen LogP contribution < -0.4 is 19.7 Å². The lowest BCUT2D eigenvalue weighted by atomic mass is 10.0. The maximum Gasteiger partial charge on any atom is 0.286 e. The molecule has 0 saturated heterocycles. The first-order chi connectivity index (χ1) is 11.5. The molecule has 0 unspecified atom stereocenters. The molecule has 0 fully saturated rings. The van der Waals surface area contributed by atoms with Gasteiger partial charge in [0.2, 0.25) is 0 Å². The third-order valence-electron chi connectivity index (χ3n) is 5.01. The van der Waals surface area contributed by atoms with Gasteiger partial charge in [-0.3, -0.25) is 0 Å². The number of para-hydroxylation sites is 1. The number of benzene rings is 2. The van der Waals surface area contributed by atoms with Gasteiger partial charge in [-0.15, -0.1) is 0 Å². The second-order valence-electron chi connectivity index (χ2n) is 6.93. The van der Waals surface area contributed by atoms with Crippen LogP contribution in [0.3, 0.4) is 0 Å². The molecule has 0 aliphatic carbocycles. The summed E-state index contributed by atoms with van der Waals surface area (Å²) in [6.45, 7) is 6.95. The van der Waals surface area contributed by atoms with Crippen molar-refractivity contribution in [3.8, 4) is 22.8 Å². The first-order valence-corrected chi connectivity index (χ1v) is 11.2. The summed E-state index contributed by atoms with van der Waals surface area (Å²) < 4.78 is 8.49. The van der Waals surface area contributed by atoms with E-state index in [-0.39, 0.29) is 0 Å². The summed E-state index contributed by atoms with van der Waals surface area (Å²) in [6, 6.07) is 15.0. The van der Waals surface area contributed by atoms with Crippen molar-refractivity contribution in [3.05, 3.63) is 60.6 Å². The van der Waals surface area contributed by atoms with Crippen molar-refractivity contribution in [2.75, 3.05) is 0 Å². The van der Waals surface area contributed by atoms with Crippen molar-refractivity contribution in [2.24, 2.45) is 7.05 Å². The van der Waals surface area contributed by atoms with Crippen LogP contribution in [0.5, 0.6) is 11.5 Å². The summed E-state index contributed by atoms with van der Waals surface area (Å²) >= 11 is 0. The summed E-state index contributed by atoms with van der Waals surface area (Å²) in [6.07, 6.45) is 3.68. The van der Waals surface area contributed by atoms with E-state index in [1.54, 1.807) is 0 Å². The highest BCUT2D eigenvalue weighted by molar-refractivity contribution is 7.01. The second kappa shape index (κ2) is 5.28. The highest BCUT2D eigenvalue weighted by Crippen LogP contribution is 2.37. The number of nitrogens with zero attached hydrogens (tertiary/aromatic N) is 2. The molecular formula is C20H21N2OSi+. The van der Waals surface area contributed by atoms with E-state index in [0.29, 0.717) is 0 Å². The topological polar surface area (TPSA) is 26.0 Å². The Bertz CT molecular complexity index is 950. The summed E-state index contributed by atoms with van der Waals surface area (Å²) in [5.41, 5.74) is 3.52. The van der Waals surface area contributed by atoms with E-state index in [1.807, 2.05) is 19.6 Å². The van der Waals surface area contributed by atoms with Crippen LogP contribution in [-0.2, 0) is 7.05 Å². The van der Waals surface area contributed by atoms with Gasteiger partial charge in [-0.1, -0.05) is 48.4 Å². The molecule has 24 heavy (non-hydrogen) atoms. The number of hydrogen-bond donors (Lipinski definition) is 0. The molecule has 4 heteroatoms. The predicted molar refractivity (Wildman–Crippen MR) is 98.9 cm³/mol. The molecule has 1 aromatic heterocycles. The molecule has 3 nitrogen and oxygen atoms in total. The minimum atomic E-state index is -1.79. The van der Waals surface area contributed by atoms with Gasteiger partial charge >= 0.3 is 0 Å². The number of rotatable bonds is 1. The standard InChI is InChI=1S/C20H21N2OSi/c1-14-9-10-18-20(19(14)15-11-12-21-13-22(15)2)23-16-7-5-6-8-17(16)24(18,3)4/h5-13H,1-4H3/q+1. The highest BCUT2D eigenvalue weighted by atomic mass is 28.3. The van der Waals surface area contributed by atoms with Crippen molar-refractivity contribution in [1.29, 1.82) is 0 Å². The van der Waals surface area contributed by atoms with Gasteiger partial charge in [0, 0.05) is 6.07 Å². The van der Waals surface area contributed by atoms with Crippen molar-refractivity contribution in [2.45, 2.75) is 20.0 Å². The lowest BCUT2D eigenvalue weighted by Gasteiger charge is -2.34. The Balaban J connectivity index is 2.03. The normalized spacial score (nSPS) is 14.5. The van der Waals surface area contributed by atoms with E-state index in [0.717, 1.165) is 17.2 Å². The van der Waals surface area contributed by atoms with Crippen LogP contribution in [0.2, 0.25) is 13.1 Å². The SMILES string of the molecule is Cc1ccc2c(c1-c1ccnc[n+]1C)Oc1ccccc1[Si]2(C)C. The molecule has 1 aliphatic heterocycles. The summed E-state index contributed by atoms with van der Waals surface area (Å²) in [7, 11) is 0.242. The quantitative estimate of drug-likeness (QED) is 0.506. The molecular weight excluding hydrogens is 312 g/mol. The predicted octanol–water partition coefficient (Wildman–Crippen LogP) is 2.81. The van der Waals surface area contributed by atoms with Crippen LogP contribution in [0.4, 0.5) is 0 Å². The van der Waals surface area contributed by atoms with Crippen LogP contribution >= 0.6 is 0 Å². The average Bonchev–Trinajstić information content (AvgIpc) is 2.56. The van der Waals surface area contributed by atoms with Crippen LogP contribution in [0.25, 0.3) is 11.3 Å². The van der Waals surface area contributed by atoms with Crippen molar-refractivity contribution >= 4 is 18.4 Å². The Hall–Kier alpha value is -2.46. The van der Waals surface area contributed by atoms with Crippen molar-refractivity contribution in [3.63, 3.8) is 0 Å². The minimum absolute atomic E-state index is 1.00. The van der Waals surface area contributed by atoms with Gasteiger partial charge in [-0.25, -0.2) is 4.57 Å². The maximum atomic E-state index is 6.44. The first kappa shape index (κ1) is 15.1. The molecule has 4 rings (SSSR count). The molecule has 0 amide bonds. The monoisotopic (exact) mass is 333 g/mol. The lowest BCUT2D eigenvalue weighted by molar-refractivity contribution is -0.663. The molecule has 2 aromatic carbocycles. The number of aryl methyl sites for hydroxylation is 2.